The van der Waals surface area contributed by atoms with E-state index in [2.05, 4.69) is 20.8 Å². The van der Waals surface area contributed by atoms with E-state index < -0.39 is 0 Å². The van der Waals surface area contributed by atoms with E-state index in [4.69, 9.17) is 9.47 Å². The van der Waals surface area contributed by atoms with Gasteiger partial charge in [0.2, 0.25) is 0 Å². The maximum atomic E-state index is 12.2. The van der Waals surface area contributed by atoms with Gasteiger partial charge in [0, 0.05) is 12.8 Å². The number of hydrogen-bond donors (Lipinski definition) is 0. The molecule has 4 nitrogen and oxygen atoms in total. The summed E-state index contributed by atoms with van der Waals surface area (Å²) in [5, 5.41) is 0. The van der Waals surface area contributed by atoms with Crippen LogP contribution in [0.15, 0.2) is 18.2 Å². The Labute approximate surface area is 171 Å². The summed E-state index contributed by atoms with van der Waals surface area (Å²) >= 11 is 0. The van der Waals surface area contributed by atoms with Gasteiger partial charge >= 0.3 is 11.9 Å². The molecule has 1 rings (SSSR count). The zero-order valence-electron chi connectivity index (χ0n) is 18.1. The van der Waals surface area contributed by atoms with Gasteiger partial charge in [-0.3, -0.25) is 9.59 Å². The molecule has 0 spiro atoms. The maximum Gasteiger partial charge on any atom is 0.311 e. The largest absolute Gasteiger partial charge is 0.423 e. The summed E-state index contributed by atoms with van der Waals surface area (Å²) in [4.78, 5) is 24.3. The summed E-state index contributed by atoms with van der Waals surface area (Å²) in [6.45, 7) is 6.39. The molecule has 0 radical (unpaired) electrons. The molecule has 0 unspecified atom stereocenters. The Hall–Kier alpha value is -1.84. The Balaban J connectivity index is 2.77. The van der Waals surface area contributed by atoms with Crippen molar-refractivity contribution < 1.29 is 19.1 Å². The minimum atomic E-state index is -0.271. The lowest BCUT2D eigenvalue weighted by Gasteiger charge is -2.12. The van der Waals surface area contributed by atoms with Crippen LogP contribution >= 0.6 is 0 Å². The highest BCUT2D eigenvalue weighted by Crippen LogP contribution is 2.30. The first kappa shape index (κ1) is 24.2. The molecule has 0 aliphatic heterocycles. The van der Waals surface area contributed by atoms with Gasteiger partial charge in [0.05, 0.1) is 0 Å². The van der Waals surface area contributed by atoms with Crippen molar-refractivity contribution in [3.63, 3.8) is 0 Å². The van der Waals surface area contributed by atoms with E-state index in [9.17, 15) is 9.59 Å². The number of rotatable bonds is 15. The molecule has 4 heteroatoms. The number of benzene rings is 1. The highest BCUT2D eigenvalue weighted by molar-refractivity contribution is 5.76. The van der Waals surface area contributed by atoms with Gasteiger partial charge in [-0.05, 0) is 43.4 Å². The third-order valence-corrected chi connectivity index (χ3v) is 4.74. The number of unbranched alkanes of at least 4 members (excludes halogenated alkanes) is 7. The molecule has 0 heterocycles. The number of ether oxygens (including phenoxy) is 2. The van der Waals surface area contributed by atoms with Gasteiger partial charge in [0.1, 0.15) is 0 Å². The molecule has 0 atom stereocenters. The van der Waals surface area contributed by atoms with Gasteiger partial charge in [-0.1, -0.05) is 71.8 Å². The van der Waals surface area contributed by atoms with Gasteiger partial charge in [0.15, 0.2) is 11.5 Å². The predicted molar refractivity (Wildman–Crippen MR) is 114 cm³/mol. The monoisotopic (exact) mass is 390 g/mol. The Morgan fingerprint density at radius 1 is 0.679 bits per heavy atom. The average Bonchev–Trinajstić information content (AvgIpc) is 2.67. The first-order chi connectivity index (χ1) is 13.6. The van der Waals surface area contributed by atoms with E-state index in [0.717, 1.165) is 56.9 Å². The zero-order valence-corrected chi connectivity index (χ0v) is 18.1. The van der Waals surface area contributed by atoms with E-state index in [1.165, 1.54) is 19.3 Å². The number of esters is 2. The van der Waals surface area contributed by atoms with Crippen LogP contribution in [0.2, 0.25) is 0 Å². The Kier molecular flexibility index (Phi) is 13.1. The molecule has 0 aromatic heterocycles. The summed E-state index contributed by atoms with van der Waals surface area (Å²) in [5.41, 5.74) is 1.11. The number of carbonyl (C=O) groups excluding carboxylic acids is 2. The highest BCUT2D eigenvalue weighted by Gasteiger charge is 2.15. The molecule has 0 fully saturated rings. The Morgan fingerprint density at radius 2 is 1.21 bits per heavy atom. The fourth-order valence-corrected chi connectivity index (χ4v) is 3.01. The van der Waals surface area contributed by atoms with E-state index >= 15 is 0 Å². The van der Waals surface area contributed by atoms with Crippen molar-refractivity contribution in [2.75, 3.05) is 0 Å². The first-order valence-electron chi connectivity index (χ1n) is 11.1. The summed E-state index contributed by atoms with van der Waals surface area (Å²) in [5.74, 6) is 0.188. The van der Waals surface area contributed by atoms with Crippen LogP contribution < -0.4 is 9.47 Å². The van der Waals surface area contributed by atoms with Gasteiger partial charge in [-0.2, -0.15) is 0 Å². The molecule has 0 aliphatic rings. The smallest absolute Gasteiger partial charge is 0.311 e. The molecular formula is C24H38O4. The number of carbonyl (C=O) groups is 2. The molecule has 0 aliphatic carbocycles. The summed E-state index contributed by atoms with van der Waals surface area (Å²) in [6, 6.07) is 5.59. The summed E-state index contributed by atoms with van der Waals surface area (Å²) in [7, 11) is 0. The lowest BCUT2D eigenvalue weighted by molar-refractivity contribution is -0.137. The summed E-state index contributed by atoms with van der Waals surface area (Å²) < 4.78 is 11.1. The van der Waals surface area contributed by atoms with Crippen LogP contribution in [-0.4, -0.2) is 11.9 Å². The molecule has 1 aromatic rings. The second kappa shape index (κ2) is 15.1. The standard InChI is InChI=1S/C24H38O4/c1-4-7-10-13-14-20-17-18-21(27-23(25)15-11-8-5-2)22(19-20)28-24(26)16-12-9-6-3/h17-19H,4-16H2,1-3H3. The predicted octanol–water partition coefficient (Wildman–Crippen LogP) is 6.78. The van der Waals surface area contributed by atoms with Gasteiger partial charge in [-0.25, -0.2) is 0 Å². The third-order valence-electron chi connectivity index (χ3n) is 4.74. The molecule has 0 saturated heterocycles. The highest BCUT2D eigenvalue weighted by atomic mass is 16.6. The third kappa shape index (κ3) is 10.5. The zero-order chi connectivity index (χ0) is 20.6. The lowest BCUT2D eigenvalue weighted by Crippen LogP contribution is -2.12. The quantitative estimate of drug-likeness (QED) is 0.188. The van der Waals surface area contributed by atoms with E-state index in [1.54, 1.807) is 6.07 Å². The second-order valence-corrected chi connectivity index (χ2v) is 7.45. The molecule has 0 bridgehead atoms. The van der Waals surface area contributed by atoms with Crippen molar-refractivity contribution in [1.29, 1.82) is 0 Å². The average molecular weight is 391 g/mol. The fourth-order valence-electron chi connectivity index (χ4n) is 3.01. The van der Waals surface area contributed by atoms with Crippen LogP contribution in [0.5, 0.6) is 11.5 Å². The van der Waals surface area contributed by atoms with Crippen LogP contribution in [0.1, 0.15) is 103 Å². The van der Waals surface area contributed by atoms with Crippen LogP contribution in [0.25, 0.3) is 0 Å². The van der Waals surface area contributed by atoms with Crippen molar-refractivity contribution in [2.24, 2.45) is 0 Å². The van der Waals surface area contributed by atoms with Crippen molar-refractivity contribution in [2.45, 2.75) is 104 Å². The molecule has 0 amide bonds. The van der Waals surface area contributed by atoms with E-state index in [1.807, 2.05) is 12.1 Å². The van der Waals surface area contributed by atoms with Crippen LogP contribution in [0.4, 0.5) is 0 Å². The normalized spacial score (nSPS) is 10.7. The van der Waals surface area contributed by atoms with Crippen LogP contribution in [0, 0.1) is 0 Å². The van der Waals surface area contributed by atoms with Crippen molar-refractivity contribution >= 4 is 11.9 Å². The minimum Gasteiger partial charge on any atom is -0.423 e. The van der Waals surface area contributed by atoms with Crippen molar-refractivity contribution in [3.8, 4) is 11.5 Å². The molecular weight excluding hydrogens is 352 g/mol. The summed E-state index contributed by atoms with van der Waals surface area (Å²) in [6.07, 6.45) is 12.2. The second-order valence-electron chi connectivity index (χ2n) is 7.45. The Bertz CT molecular complexity index is 580. The van der Waals surface area contributed by atoms with Gasteiger partial charge in [-0.15, -0.1) is 0 Å². The topological polar surface area (TPSA) is 52.6 Å². The molecule has 0 saturated carbocycles. The maximum absolute atomic E-state index is 12.2. The van der Waals surface area contributed by atoms with Crippen molar-refractivity contribution in [3.05, 3.63) is 23.8 Å². The first-order valence-corrected chi connectivity index (χ1v) is 11.1. The fraction of sp³-hybridized carbons (Fsp3) is 0.667. The number of aryl methyl sites for hydroxylation is 1. The van der Waals surface area contributed by atoms with E-state index in [-0.39, 0.29) is 11.9 Å². The lowest BCUT2D eigenvalue weighted by atomic mass is 10.1. The minimum absolute atomic E-state index is 0.264. The van der Waals surface area contributed by atoms with E-state index in [0.29, 0.717) is 24.3 Å². The molecule has 28 heavy (non-hydrogen) atoms. The SMILES string of the molecule is CCCCCCc1ccc(OC(=O)CCCCC)c(OC(=O)CCCCC)c1. The molecule has 158 valence electrons. The van der Waals surface area contributed by atoms with Crippen LogP contribution in [-0.2, 0) is 16.0 Å². The van der Waals surface area contributed by atoms with Crippen molar-refractivity contribution in [1.82, 2.24) is 0 Å². The van der Waals surface area contributed by atoms with Crippen LogP contribution in [0.3, 0.4) is 0 Å². The van der Waals surface area contributed by atoms with Gasteiger partial charge < -0.3 is 9.47 Å². The van der Waals surface area contributed by atoms with Gasteiger partial charge in [0.25, 0.3) is 0 Å². The Morgan fingerprint density at radius 3 is 1.79 bits per heavy atom. The number of hydrogen-bond acceptors (Lipinski definition) is 4. The molecule has 1 aromatic carbocycles. The molecule has 0 N–H and O–H groups in total.